The Morgan fingerprint density at radius 3 is 2.25 bits per heavy atom. The van der Waals surface area contributed by atoms with Gasteiger partial charge in [0.25, 0.3) is 5.91 Å². The second kappa shape index (κ2) is 9.62. The van der Waals surface area contributed by atoms with Gasteiger partial charge >= 0.3 is 0 Å². The van der Waals surface area contributed by atoms with Crippen LogP contribution in [0.25, 0.3) is 5.69 Å². The molecular weight excluding hydrogens is 431 g/mol. The number of benzene rings is 2. The number of amides is 1. The quantitative estimate of drug-likeness (QED) is 0.556. The maximum Gasteiger partial charge on any atom is 0.255 e. The third-order valence-electron chi connectivity index (χ3n) is 5.40. The van der Waals surface area contributed by atoms with Gasteiger partial charge in [0.05, 0.1) is 34.1 Å². The molecule has 2 aromatic carbocycles. The van der Waals surface area contributed by atoms with Crippen molar-refractivity contribution in [3.63, 3.8) is 0 Å². The van der Waals surface area contributed by atoms with Crippen molar-refractivity contribution < 1.29 is 17.6 Å². The van der Waals surface area contributed by atoms with Gasteiger partial charge in [0.15, 0.2) is 0 Å². The average Bonchev–Trinajstić information content (AvgIpc) is 3.16. The molecule has 1 unspecified atom stereocenters. The van der Waals surface area contributed by atoms with Crippen LogP contribution < -0.4 is 5.32 Å². The standard InChI is InChI=1S/C23H27FN4O3S/c1-5-27(6-2)32(30,31)21-13-7-18(8-14-21)16(3)26-23(29)22-15-25-28(17(22)4)20-11-9-19(24)10-12-20/h7-16H,5-6H2,1-4H3,(H,26,29). The zero-order valence-corrected chi connectivity index (χ0v) is 19.4. The first-order valence-electron chi connectivity index (χ1n) is 10.4. The molecule has 3 rings (SSSR count). The average molecular weight is 459 g/mol. The first-order chi connectivity index (χ1) is 15.2. The number of rotatable bonds is 8. The number of carbonyl (C=O) groups is 1. The lowest BCUT2D eigenvalue weighted by Gasteiger charge is -2.19. The van der Waals surface area contributed by atoms with E-state index in [1.54, 1.807) is 61.9 Å². The van der Waals surface area contributed by atoms with E-state index in [2.05, 4.69) is 10.4 Å². The summed E-state index contributed by atoms with van der Waals surface area (Å²) in [5.41, 5.74) is 2.46. The summed E-state index contributed by atoms with van der Waals surface area (Å²) < 4.78 is 41.4. The Kier molecular flexibility index (Phi) is 7.10. The molecule has 1 N–H and O–H groups in total. The maximum atomic E-state index is 13.2. The summed E-state index contributed by atoms with van der Waals surface area (Å²) in [6, 6.07) is 12.0. The number of nitrogens with one attached hydrogen (secondary N) is 1. The van der Waals surface area contributed by atoms with E-state index in [4.69, 9.17) is 0 Å². The summed E-state index contributed by atoms with van der Waals surface area (Å²) in [4.78, 5) is 13.0. The Morgan fingerprint density at radius 1 is 1.09 bits per heavy atom. The van der Waals surface area contributed by atoms with E-state index in [1.807, 2.05) is 6.92 Å². The highest BCUT2D eigenvalue weighted by molar-refractivity contribution is 7.89. The highest BCUT2D eigenvalue weighted by Gasteiger charge is 2.22. The van der Waals surface area contributed by atoms with Crippen LogP contribution in [0.1, 0.15) is 48.4 Å². The highest BCUT2D eigenvalue weighted by atomic mass is 32.2. The lowest BCUT2D eigenvalue weighted by molar-refractivity contribution is 0.0939. The molecule has 0 fully saturated rings. The second-order valence-corrected chi connectivity index (χ2v) is 9.32. The van der Waals surface area contributed by atoms with Crippen molar-refractivity contribution in [3.8, 4) is 5.69 Å². The van der Waals surface area contributed by atoms with E-state index in [1.165, 1.54) is 22.6 Å². The molecule has 0 aliphatic rings. The molecule has 9 heteroatoms. The minimum absolute atomic E-state index is 0.222. The molecule has 0 bridgehead atoms. The van der Waals surface area contributed by atoms with Gasteiger partial charge in [0.2, 0.25) is 10.0 Å². The highest BCUT2D eigenvalue weighted by Crippen LogP contribution is 2.21. The molecule has 170 valence electrons. The number of halogens is 1. The van der Waals surface area contributed by atoms with Gasteiger partial charge < -0.3 is 5.32 Å². The summed E-state index contributed by atoms with van der Waals surface area (Å²) in [5.74, 6) is -0.649. The number of hydrogen-bond acceptors (Lipinski definition) is 4. The van der Waals surface area contributed by atoms with Crippen molar-refractivity contribution in [2.24, 2.45) is 0 Å². The van der Waals surface area contributed by atoms with Crippen LogP contribution in [0.3, 0.4) is 0 Å². The van der Waals surface area contributed by atoms with Crippen LogP contribution in [-0.4, -0.2) is 41.5 Å². The van der Waals surface area contributed by atoms with Crippen molar-refractivity contribution >= 4 is 15.9 Å². The van der Waals surface area contributed by atoms with Gasteiger partial charge in [0, 0.05) is 13.1 Å². The molecule has 0 saturated heterocycles. The molecule has 0 aliphatic carbocycles. The van der Waals surface area contributed by atoms with Gasteiger partial charge in [-0.3, -0.25) is 4.79 Å². The fourth-order valence-electron chi connectivity index (χ4n) is 3.47. The van der Waals surface area contributed by atoms with Gasteiger partial charge in [-0.05, 0) is 55.8 Å². The fourth-order valence-corrected chi connectivity index (χ4v) is 4.93. The number of aromatic nitrogens is 2. The smallest absolute Gasteiger partial charge is 0.255 e. The first-order valence-corrected chi connectivity index (χ1v) is 11.8. The van der Waals surface area contributed by atoms with Crippen LogP contribution in [0.15, 0.2) is 59.6 Å². The maximum absolute atomic E-state index is 13.2. The van der Waals surface area contributed by atoms with Crippen LogP contribution >= 0.6 is 0 Å². The molecule has 0 spiro atoms. The Labute approximate surface area is 187 Å². The summed E-state index contributed by atoms with van der Waals surface area (Å²) >= 11 is 0. The summed E-state index contributed by atoms with van der Waals surface area (Å²) in [5, 5.41) is 7.17. The van der Waals surface area contributed by atoms with Gasteiger partial charge in [-0.15, -0.1) is 0 Å². The molecular formula is C23H27FN4O3S. The van der Waals surface area contributed by atoms with Crippen molar-refractivity contribution in [3.05, 3.63) is 77.4 Å². The van der Waals surface area contributed by atoms with Crippen molar-refractivity contribution in [1.29, 1.82) is 0 Å². The second-order valence-electron chi connectivity index (χ2n) is 7.39. The fraction of sp³-hybridized carbons (Fsp3) is 0.304. The molecule has 0 radical (unpaired) electrons. The first kappa shape index (κ1) is 23.6. The van der Waals surface area contributed by atoms with E-state index >= 15 is 0 Å². The number of nitrogens with zero attached hydrogens (tertiary/aromatic N) is 3. The molecule has 32 heavy (non-hydrogen) atoms. The molecule has 0 aliphatic heterocycles. The van der Waals surface area contributed by atoms with E-state index < -0.39 is 10.0 Å². The Hall–Kier alpha value is -3.04. The zero-order chi connectivity index (χ0) is 23.5. The number of hydrogen-bond donors (Lipinski definition) is 1. The van der Waals surface area contributed by atoms with E-state index in [0.717, 1.165) is 5.56 Å². The normalized spacial score (nSPS) is 12.7. The SMILES string of the molecule is CCN(CC)S(=O)(=O)c1ccc(C(C)NC(=O)c2cnn(-c3ccc(F)cc3)c2C)cc1. The minimum atomic E-state index is -3.53. The third-order valence-corrected chi connectivity index (χ3v) is 7.46. The predicted octanol–water partition coefficient (Wildman–Crippen LogP) is 3.84. The lowest BCUT2D eigenvalue weighted by Crippen LogP contribution is -2.30. The van der Waals surface area contributed by atoms with Crippen LogP contribution in [0.2, 0.25) is 0 Å². The number of carbonyl (C=O) groups excluding carboxylic acids is 1. The van der Waals surface area contributed by atoms with Gasteiger partial charge in [-0.1, -0.05) is 26.0 Å². The third kappa shape index (κ3) is 4.73. The summed E-state index contributed by atoms with van der Waals surface area (Å²) in [6.45, 7) is 7.99. The molecule has 1 aromatic heterocycles. The predicted molar refractivity (Wildman–Crippen MR) is 121 cm³/mol. The van der Waals surface area contributed by atoms with Crippen LogP contribution in [-0.2, 0) is 10.0 Å². The van der Waals surface area contributed by atoms with Gasteiger partial charge in [-0.2, -0.15) is 9.40 Å². The van der Waals surface area contributed by atoms with Crippen molar-refractivity contribution in [2.45, 2.75) is 38.6 Å². The molecule has 1 heterocycles. The molecule has 1 amide bonds. The zero-order valence-electron chi connectivity index (χ0n) is 18.5. The lowest BCUT2D eigenvalue weighted by atomic mass is 10.1. The van der Waals surface area contributed by atoms with Crippen molar-refractivity contribution in [2.75, 3.05) is 13.1 Å². The molecule has 1 atom stereocenters. The van der Waals surface area contributed by atoms with E-state index in [-0.39, 0.29) is 22.7 Å². The van der Waals surface area contributed by atoms with Crippen molar-refractivity contribution in [1.82, 2.24) is 19.4 Å². The van der Waals surface area contributed by atoms with Gasteiger partial charge in [0.1, 0.15) is 5.82 Å². The monoisotopic (exact) mass is 458 g/mol. The van der Waals surface area contributed by atoms with Crippen LogP contribution in [0, 0.1) is 12.7 Å². The largest absolute Gasteiger partial charge is 0.345 e. The van der Waals surface area contributed by atoms with Crippen LogP contribution in [0.5, 0.6) is 0 Å². The van der Waals surface area contributed by atoms with Gasteiger partial charge in [-0.25, -0.2) is 17.5 Å². The minimum Gasteiger partial charge on any atom is -0.345 e. The molecule has 0 saturated carbocycles. The Morgan fingerprint density at radius 2 is 1.69 bits per heavy atom. The number of sulfonamides is 1. The molecule has 7 nitrogen and oxygen atoms in total. The Bertz CT molecular complexity index is 1180. The van der Waals surface area contributed by atoms with E-state index in [9.17, 15) is 17.6 Å². The summed E-state index contributed by atoms with van der Waals surface area (Å²) in [7, 11) is -3.53. The topological polar surface area (TPSA) is 84.3 Å². The summed E-state index contributed by atoms with van der Waals surface area (Å²) in [6.07, 6.45) is 1.47. The van der Waals surface area contributed by atoms with E-state index in [0.29, 0.717) is 30.0 Å². The Balaban J connectivity index is 1.74. The molecule has 3 aromatic rings. The van der Waals surface area contributed by atoms with Crippen LogP contribution in [0.4, 0.5) is 4.39 Å².